The molecular formula is C18H16FNO3. The molecule has 0 spiro atoms. The highest BCUT2D eigenvalue weighted by Crippen LogP contribution is 2.25. The Kier molecular flexibility index (Phi) is 6.01. The molecule has 0 aromatic heterocycles. The standard InChI is InChI=1S/C18H16FNO3/c1-22-16-10-4-5-11-17(16)23-13-7-6-12-20-18(21)14-8-2-3-9-15(14)19/h2-5,8-11H,12-13H2,1H3,(H,20,21). The monoisotopic (exact) mass is 313 g/mol. The number of para-hydroxylation sites is 2. The van der Waals surface area contributed by atoms with Crippen molar-refractivity contribution in [2.45, 2.75) is 0 Å². The first-order chi connectivity index (χ1) is 11.2. The van der Waals surface area contributed by atoms with Crippen LogP contribution in [0.15, 0.2) is 48.5 Å². The molecule has 0 fully saturated rings. The van der Waals surface area contributed by atoms with Crippen molar-refractivity contribution >= 4 is 5.91 Å². The Morgan fingerprint density at radius 1 is 1.09 bits per heavy atom. The van der Waals surface area contributed by atoms with E-state index in [1.54, 1.807) is 25.3 Å². The number of hydrogen-bond acceptors (Lipinski definition) is 3. The molecule has 2 aromatic rings. The summed E-state index contributed by atoms with van der Waals surface area (Å²) in [5.41, 5.74) is -0.000396. The molecule has 0 atom stereocenters. The predicted molar refractivity (Wildman–Crippen MR) is 85.0 cm³/mol. The first-order valence-corrected chi connectivity index (χ1v) is 6.96. The van der Waals surface area contributed by atoms with E-state index >= 15 is 0 Å². The molecule has 0 radical (unpaired) electrons. The van der Waals surface area contributed by atoms with Crippen LogP contribution in [0, 0.1) is 17.7 Å². The fourth-order valence-corrected chi connectivity index (χ4v) is 1.83. The maximum Gasteiger partial charge on any atom is 0.255 e. The zero-order valence-corrected chi connectivity index (χ0v) is 12.6. The van der Waals surface area contributed by atoms with E-state index in [0.29, 0.717) is 11.5 Å². The Hall–Kier alpha value is -3.00. The van der Waals surface area contributed by atoms with Gasteiger partial charge in [0.2, 0.25) is 0 Å². The first kappa shape index (κ1) is 16.4. The lowest BCUT2D eigenvalue weighted by Gasteiger charge is -2.07. The lowest BCUT2D eigenvalue weighted by atomic mass is 10.2. The third-order valence-electron chi connectivity index (χ3n) is 2.95. The molecule has 23 heavy (non-hydrogen) atoms. The number of rotatable bonds is 5. The Morgan fingerprint density at radius 2 is 1.78 bits per heavy atom. The van der Waals surface area contributed by atoms with Crippen molar-refractivity contribution in [1.29, 1.82) is 0 Å². The van der Waals surface area contributed by atoms with Gasteiger partial charge in [-0.2, -0.15) is 0 Å². The van der Waals surface area contributed by atoms with Crippen molar-refractivity contribution in [3.05, 3.63) is 59.9 Å². The second kappa shape index (κ2) is 8.44. The maximum atomic E-state index is 13.4. The Bertz CT molecular complexity index is 734. The molecule has 118 valence electrons. The summed E-state index contributed by atoms with van der Waals surface area (Å²) in [6.07, 6.45) is 0. The number of halogens is 1. The molecule has 0 aliphatic carbocycles. The normalized spacial score (nSPS) is 9.48. The van der Waals surface area contributed by atoms with Crippen LogP contribution in [0.5, 0.6) is 11.5 Å². The molecule has 0 heterocycles. The molecule has 1 N–H and O–H groups in total. The number of hydrogen-bond donors (Lipinski definition) is 1. The van der Waals surface area contributed by atoms with Crippen LogP contribution < -0.4 is 14.8 Å². The third kappa shape index (κ3) is 4.75. The second-order valence-electron chi connectivity index (χ2n) is 4.46. The minimum atomic E-state index is -0.558. The first-order valence-electron chi connectivity index (χ1n) is 6.96. The van der Waals surface area contributed by atoms with Crippen molar-refractivity contribution in [2.75, 3.05) is 20.3 Å². The third-order valence-corrected chi connectivity index (χ3v) is 2.95. The van der Waals surface area contributed by atoms with Crippen LogP contribution in [0.25, 0.3) is 0 Å². The van der Waals surface area contributed by atoms with E-state index in [9.17, 15) is 9.18 Å². The van der Waals surface area contributed by atoms with Crippen LogP contribution in [0.4, 0.5) is 4.39 Å². The summed E-state index contributed by atoms with van der Waals surface area (Å²) in [5.74, 6) is 5.68. The predicted octanol–water partition coefficient (Wildman–Crippen LogP) is 2.65. The van der Waals surface area contributed by atoms with Gasteiger partial charge in [-0.15, -0.1) is 0 Å². The molecule has 2 aromatic carbocycles. The smallest absolute Gasteiger partial charge is 0.255 e. The van der Waals surface area contributed by atoms with Gasteiger partial charge in [0.1, 0.15) is 12.4 Å². The van der Waals surface area contributed by atoms with Gasteiger partial charge in [0.15, 0.2) is 11.5 Å². The van der Waals surface area contributed by atoms with Crippen molar-refractivity contribution < 1.29 is 18.7 Å². The average molecular weight is 313 g/mol. The van der Waals surface area contributed by atoms with Crippen LogP contribution in [-0.4, -0.2) is 26.2 Å². The average Bonchev–Trinajstić information content (AvgIpc) is 2.58. The van der Waals surface area contributed by atoms with E-state index in [1.165, 1.54) is 18.2 Å². The van der Waals surface area contributed by atoms with Gasteiger partial charge in [-0.05, 0) is 24.3 Å². The molecule has 0 aliphatic heterocycles. The van der Waals surface area contributed by atoms with Gasteiger partial charge in [0.05, 0.1) is 19.2 Å². The Labute approximate surface area is 134 Å². The zero-order chi connectivity index (χ0) is 16.5. The van der Waals surface area contributed by atoms with Gasteiger partial charge < -0.3 is 14.8 Å². The van der Waals surface area contributed by atoms with Gasteiger partial charge in [-0.25, -0.2) is 4.39 Å². The van der Waals surface area contributed by atoms with E-state index in [0.717, 1.165) is 0 Å². The number of carbonyl (C=O) groups excluding carboxylic acids is 1. The molecule has 0 unspecified atom stereocenters. The van der Waals surface area contributed by atoms with Crippen LogP contribution in [0.3, 0.4) is 0 Å². The summed E-state index contributed by atoms with van der Waals surface area (Å²) in [6, 6.07) is 13.0. The quantitative estimate of drug-likeness (QED) is 0.863. The van der Waals surface area contributed by atoms with Crippen LogP contribution in [-0.2, 0) is 0 Å². The number of ether oxygens (including phenoxy) is 2. The van der Waals surface area contributed by atoms with Gasteiger partial charge in [0.25, 0.3) is 5.91 Å². The largest absolute Gasteiger partial charge is 0.493 e. The van der Waals surface area contributed by atoms with Crippen LogP contribution >= 0.6 is 0 Å². The number of nitrogens with one attached hydrogen (secondary N) is 1. The molecule has 0 saturated carbocycles. The van der Waals surface area contributed by atoms with Gasteiger partial charge in [0, 0.05) is 0 Å². The van der Waals surface area contributed by atoms with Crippen molar-refractivity contribution in [3.8, 4) is 23.3 Å². The Morgan fingerprint density at radius 3 is 2.52 bits per heavy atom. The van der Waals surface area contributed by atoms with Crippen molar-refractivity contribution in [3.63, 3.8) is 0 Å². The number of amides is 1. The summed E-state index contributed by atoms with van der Waals surface area (Å²) in [6.45, 7) is 0.276. The summed E-state index contributed by atoms with van der Waals surface area (Å²) in [7, 11) is 1.56. The molecule has 4 nitrogen and oxygen atoms in total. The van der Waals surface area contributed by atoms with E-state index in [1.807, 2.05) is 12.1 Å². The maximum absolute atomic E-state index is 13.4. The molecule has 0 saturated heterocycles. The number of carbonyl (C=O) groups is 1. The fraction of sp³-hybridized carbons (Fsp3) is 0.167. The summed E-state index contributed by atoms with van der Waals surface area (Å²) < 4.78 is 24.0. The lowest BCUT2D eigenvalue weighted by Crippen LogP contribution is -2.24. The molecule has 1 amide bonds. The minimum absolute atomic E-state index is 0.000396. The van der Waals surface area contributed by atoms with Gasteiger partial charge >= 0.3 is 0 Å². The fourth-order valence-electron chi connectivity index (χ4n) is 1.83. The van der Waals surface area contributed by atoms with Gasteiger partial charge in [-0.3, -0.25) is 4.79 Å². The van der Waals surface area contributed by atoms with E-state index in [2.05, 4.69) is 17.2 Å². The molecule has 2 rings (SSSR count). The highest BCUT2D eigenvalue weighted by Gasteiger charge is 2.08. The molecule has 5 heteroatoms. The molecule has 0 aliphatic rings. The zero-order valence-electron chi connectivity index (χ0n) is 12.6. The van der Waals surface area contributed by atoms with Gasteiger partial charge in [-0.1, -0.05) is 36.1 Å². The second-order valence-corrected chi connectivity index (χ2v) is 4.46. The van der Waals surface area contributed by atoms with E-state index in [-0.39, 0.29) is 18.7 Å². The van der Waals surface area contributed by atoms with E-state index < -0.39 is 11.7 Å². The minimum Gasteiger partial charge on any atom is -0.493 e. The lowest BCUT2D eigenvalue weighted by molar-refractivity contribution is 0.0954. The highest BCUT2D eigenvalue weighted by molar-refractivity contribution is 5.94. The topological polar surface area (TPSA) is 47.6 Å². The highest BCUT2D eigenvalue weighted by atomic mass is 19.1. The Balaban J connectivity index is 1.78. The number of methoxy groups -OCH3 is 1. The molecular weight excluding hydrogens is 297 g/mol. The van der Waals surface area contributed by atoms with Crippen molar-refractivity contribution in [2.24, 2.45) is 0 Å². The summed E-state index contributed by atoms with van der Waals surface area (Å²) in [5, 5.41) is 2.53. The molecule has 0 bridgehead atoms. The number of benzene rings is 2. The SMILES string of the molecule is COc1ccccc1OCC#CCNC(=O)c1ccccc1F. The summed E-state index contributed by atoms with van der Waals surface area (Å²) in [4.78, 5) is 11.7. The summed E-state index contributed by atoms with van der Waals surface area (Å²) >= 11 is 0. The van der Waals surface area contributed by atoms with Crippen LogP contribution in [0.1, 0.15) is 10.4 Å². The van der Waals surface area contributed by atoms with Crippen molar-refractivity contribution in [1.82, 2.24) is 5.32 Å². The van der Waals surface area contributed by atoms with E-state index in [4.69, 9.17) is 9.47 Å². The van der Waals surface area contributed by atoms with Crippen LogP contribution in [0.2, 0.25) is 0 Å².